The minimum atomic E-state index is -0.483. The number of esters is 1. The highest BCUT2D eigenvalue weighted by Gasteiger charge is 2.28. The molecule has 3 atom stereocenters. The van der Waals surface area contributed by atoms with E-state index in [1.54, 1.807) is 0 Å². The molecule has 19 heavy (non-hydrogen) atoms. The Kier molecular flexibility index (Phi) is 4.66. The lowest BCUT2D eigenvalue weighted by Crippen LogP contribution is -2.49. The largest absolute Gasteiger partial charge is 0.467 e. The van der Waals surface area contributed by atoms with E-state index in [0.717, 1.165) is 12.8 Å². The monoisotopic (exact) mass is 285 g/mol. The summed E-state index contributed by atoms with van der Waals surface area (Å²) in [6.45, 7) is 3.02. The Bertz CT molecular complexity index is 395. The second-order valence-electron chi connectivity index (χ2n) is 5.25. The van der Waals surface area contributed by atoms with E-state index >= 15 is 0 Å². The molecule has 1 fully saturated rings. The van der Waals surface area contributed by atoms with Crippen molar-refractivity contribution in [3.05, 3.63) is 23.8 Å². The van der Waals surface area contributed by atoms with Gasteiger partial charge in [0, 0.05) is 12.6 Å². The predicted molar refractivity (Wildman–Crippen MR) is 74.3 cm³/mol. The maximum atomic E-state index is 11.3. The van der Waals surface area contributed by atoms with Crippen LogP contribution in [0.25, 0.3) is 0 Å². The van der Waals surface area contributed by atoms with E-state index < -0.39 is 6.10 Å². The Hall–Kier alpha value is -0.840. The summed E-state index contributed by atoms with van der Waals surface area (Å²) in [7, 11) is 1.37. The van der Waals surface area contributed by atoms with Crippen LogP contribution in [0.1, 0.15) is 19.8 Å². The molecule has 1 unspecified atom stereocenters. The van der Waals surface area contributed by atoms with Crippen molar-refractivity contribution in [1.29, 1.82) is 0 Å². The maximum Gasteiger partial charge on any atom is 0.336 e. The summed E-state index contributed by atoms with van der Waals surface area (Å²) in [6.07, 6.45) is 7.52. The van der Waals surface area contributed by atoms with Crippen molar-refractivity contribution in [2.75, 3.05) is 20.3 Å². The molecule has 2 aliphatic rings. The molecule has 0 aromatic carbocycles. The van der Waals surface area contributed by atoms with E-state index in [1.165, 1.54) is 12.7 Å². The van der Waals surface area contributed by atoms with Gasteiger partial charge in [0.25, 0.3) is 0 Å². The van der Waals surface area contributed by atoms with Crippen molar-refractivity contribution in [1.82, 2.24) is 5.32 Å². The van der Waals surface area contributed by atoms with Gasteiger partial charge < -0.3 is 14.8 Å². The van der Waals surface area contributed by atoms with Gasteiger partial charge in [-0.05, 0) is 19.8 Å². The number of carbonyl (C=O) groups excluding carboxylic acids is 1. The van der Waals surface area contributed by atoms with Gasteiger partial charge in [-0.1, -0.05) is 23.8 Å². The summed E-state index contributed by atoms with van der Waals surface area (Å²) >= 11 is 6.23. The lowest BCUT2D eigenvalue weighted by Gasteiger charge is -2.30. The quantitative estimate of drug-likeness (QED) is 0.634. The standard InChI is InChI=1S/C14H20ClNO3/c1-14(15)5-3-10(4-6-14)7-11-9-19-12(8-16-11)13(17)18-2/h3-5,11-12,16H,6-9H2,1-2H3/t11-,12+,14?/m0/s1. The first-order valence-electron chi connectivity index (χ1n) is 6.50. The molecule has 1 heterocycles. The Morgan fingerprint density at radius 3 is 3.00 bits per heavy atom. The third kappa shape index (κ3) is 4.06. The number of rotatable bonds is 3. The number of nitrogens with one attached hydrogen (secondary N) is 1. The van der Waals surface area contributed by atoms with Crippen LogP contribution < -0.4 is 5.32 Å². The van der Waals surface area contributed by atoms with Crippen LogP contribution in [0.4, 0.5) is 0 Å². The molecule has 0 amide bonds. The Labute approximate surface area is 118 Å². The number of carbonyl (C=O) groups is 1. The second-order valence-corrected chi connectivity index (χ2v) is 6.11. The van der Waals surface area contributed by atoms with Crippen molar-refractivity contribution in [3.8, 4) is 0 Å². The number of ether oxygens (including phenoxy) is 2. The van der Waals surface area contributed by atoms with Gasteiger partial charge in [-0.3, -0.25) is 0 Å². The fraction of sp³-hybridized carbons (Fsp3) is 0.643. The van der Waals surface area contributed by atoms with E-state index in [-0.39, 0.29) is 16.9 Å². The summed E-state index contributed by atoms with van der Waals surface area (Å²) in [4.78, 5) is 11.1. The topological polar surface area (TPSA) is 47.6 Å². The van der Waals surface area contributed by atoms with Crippen LogP contribution in [0.3, 0.4) is 0 Å². The molecule has 0 saturated carbocycles. The van der Waals surface area contributed by atoms with E-state index in [9.17, 15) is 4.79 Å². The zero-order valence-corrected chi connectivity index (χ0v) is 12.1. The number of methoxy groups -OCH3 is 1. The number of allylic oxidation sites excluding steroid dienone is 3. The first kappa shape index (κ1) is 14.6. The second kappa shape index (κ2) is 6.07. The molecule has 4 nitrogen and oxygen atoms in total. The molecule has 1 aliphatic heterocycles. The molecule has 1 saturated heterocycles. The average Bonchev–Trinajstić information content (AvgIpc) is 2.41. The smallest absolute Gasteiger partial charge is 0.336 e. The molecule has 0 spiro atoms. The predicted octanol–water partition coefficient (Wildman–Crippen LogP) is 1.79. The minimum absolute atomic E-state index is 0.233. The Morgan fingerprint density at radius 2 is 2.47 bits per heavy atom. The van der Waals surface area contributed by atoms with Crippen LogP contribution in [-0.4, -0.2) is 43.3 Å². The van der Waals surface area contributed by atoms with Crippen LogP contribution in [-0.2, 0) is 14.3 Å². The lowest BCUT2D eigenvalue weighted by atomic mass is 9.94. The number of hydrogen-bond acceptors (Lipinski definition) is 4. The molecule has 5 heteroatoms. The summed E-state index contributed by atoms with van der Waals surface area (Å²) in [5, 5.41) is 3.32. The zero-order chi connectivity index (χ0) is 13.9. The highest BCUT2D eigenvalue weighted by molar-refractivity contribution is 6.25. The number of hydrogen-bond donors (Lipinski definition) is 1. The summed E-state index contributed by atoms with van der Waals surface area (Å²) in [5.74, 6) is -0.319. The molecule has 0 radical (unpaired) electrons. The Balaban J connectivity index is 1.79. The van der Waals surface area contributed by atoms with Crippen molar-refractivity contribution < 1.29 is 14.3 Å². The van der Waals surface area contributed by atoms with Gasteiger partial charge in [-0.2, -0.15) is 0 Å². The number of morpholine rings is 1. The molecule has 0 aromatic rings. The zero-order valence-electron chi connectivity index (χ0n) is 11.3. The fourth-order valence-electron chi connectivity index (χ4n) is 2.22. The van der Waals surface area contributed by atoms with Gasteiger partial charge in [0.05, 0.1) is 18.6 Å². The summed E-state index contributed by atoms with van der Waals surface area (Å²) in [5.41, 5.74) is 1.26. The molecular formula is C14H20ClNO3. The van der Waals surface area contributed by atoms with E-state index in [0.29, 0.717) is 13.2 Å². The molecule has 0 aromatic heterocycles. The molecule has 2 rings (SSSR count). The van der Waals surface area contributed by atoms with E-state index in [2.05, 4.69) is 22.2 Å². The van der Waals surface area contributed by atoms with Crippen LogP contribution in [0.2, 0.25) is 0 Å². The normalized spacial score (nSPS) is 34.8. The third-order valence-corrected chi connectivity index (χ3v) is 3.73. The van der Waals surface area contributed by atoms with Crippen LogP contribution in [0, 0.1) is 0 Å². The van der Waals surface area contributed by atoms with Crippen molar-refractivity contribution in [2.45, 2.75) is 36.8 Å². The summed E-state index contributed by atoms with van der Waals surface area (Å²) in [6, 6.07) is 0.233. The highest BCUT2D eigenvalue weighted by atomic mass is 35.5. The van der Waals surface area contributed by atoms with Gasteiger partial charge >= 0.3 is 5.97 Å². The van der Waals surface area contributed by atoms with Gasteiger partial charge in [0.1, 0.15) is 0 Å². The van der Waals surface area contributed by atoms with Crippen LogP contribution >= 0.6 is 11.6 Å². The van der Waals surface area contributed by atoms with Crippen molar-refractivity contribution in [2.24, 2.45) is 0 Å². The SMILES string of the molecule is COC(=O)[C@H]1CN[C@@H](CC2=CCC(C)(Cl)C=C2)CO1. The molecule has 1 N–H and O–H groups in total. The highest BCUT2D eigenvalue weighted by Crippen LogP contribution is 2.28. The van der Waals surface area contributed by atoms with Crippen LogP contribution in [0.15, 0.2) is 23.8 Å². The molecular weight excluding hydrogens is 266 g/mol. The molecule has 1 aliphatic carbocycles. The first-order chi connectivity index (χ1) is 9.00. The van der Waals surface area contributed by atoms with Crippen molar-refractivity contribution in [3.63, 3.8) is 0 Å². The third-order valence-electron chi connectivity index (χ3n) is 3.44. The van der Waals surface area contributed by atoms with E-state index in [4.69, 9.17) is 16.3 Å². The van der Waals surface area contributed by atoms with E-state index in [1.807, 2.05) is 13.0 Å². The van der Waals surface area contributed by atoms with Gasteiger partial charge in [-0.15, -0.1) is 11.6 Å². The number of halogens is 1. The van der Waals surface area contributed by atoms with Gasteiger partial charge in [0.2, 0.25) is 0 Å². The first-order valence-corrected chi connectivity index (χ1v) is 6.88. The summed E-state index contributed by atoms with van der Waals surface area (Å²) < 4.78 is 10.2. The molecule has 106 valence electrons. The number of alkyl halides is 1. The Morgan fingerprint density at radius 1 is 1.68 bits per heavy atom. The van der Waals surface area contributed by atoms with Gasteiger partial charge in [-0.25, -0.2) is 4.79 Å². The van der Waals surface area contributed by atoms with Gasteiger partial charge in [0.15, 0.2) is 6.10 Å². The van der Waals surface area contributed by atoms with Crippen LogP contribution in [0.5, 0.6) is 0 Å². The van der Waals surface area contributed by atoms with Crippen molar-refractivity contribution >= 4 is 17.6 Å². The lowest BCUT2D eigenvalue weighted by molar-refractivity contribution is -0.156. The molecule has 0 bridgehead atoms. The fourth-order valence-corrected chi connectivity index (χ4v) is 2.36. The average molecular weight is 286 g/mol. The maximum absolute atomic E-state index is 11.3. The minimum Gasteiger partial charge on any atom is -0.467 e.